The summed E-state index contributed by atoms with van der Waals surface area (Å²) in [6.07, 6.45) is 7.29. The van der Waals surface area contributed by atoms with E-state index in [1.54, 1.807) is 17.8 Å². The molecule has 2 bridgehead atoms. The number of carbonyl (C=O) groups is 1. The number of aromatic hydroxyl groups is 1. The number of ketones is 1. The number of carbonyl (C=O) groups excluding carboxylic acids is 1. The highest BCUT2D eigenvalue weighted by Gasteiger charge is 2.53. The number of anilines is 1. The van der Waals surface area contributed by atoms with Crippen LogP contribution in [0.4, 0.5) is 11.4 Å². The molecule has 124 valence electrons. The molecule has 1 unspecified atom stereocenters. The zero-order chi connectivity index (χ0) is 16.9. The normalized spacial score (nSPS) is 30.0. The second-order valence-electron chi connectivity index (χ2n) is 6.88. The predicted octanol–water partition coefficient (Wildman–Crippen LogP) is 2.15. The largest absolute Gasteiger partial charge is 0.504 e. The van der Waals surface area contributed by atoms with Gasteiger partial charge in [0.1, 0.15) is 5.69 Å². The van der Waals surface area contributed by atoms with Crippen LogP contribution in [-0.2, 0) is 10.2 Å². The first-order chi connectivity index (χ1) is 12.1. The summed E-state index contributed by atoms with van der Waals surface area (Å²) in [6.45, 7) is 0.723. The van der Waals surface area contributed by atoms with Crippen molar-refractivity contribution in [3.8, 4) is 5.75 Å². The molecule has 2 atom stereocenters. The fraction of sp³-hybridized carbons (Fsp3) is 0.278. The molecule has 7 heteroatoms. The molecule has 0 saturated carbocycles. The molecule has 1 aliphatic carbocycles. The van der Waals surface area contributed by atoms with Crippen LogP contribution in [0.2, 0.25) is 0 Å². The fourth-order valence-corrected chi connectivity index (χ4v) is 6.52. The number of halogens is 1. The molecule has 1 spiro atoms. The number of thioether (sulfide) groups is 1. The Hall–Kier alpha value is -1.86. The van der Waals surface area contributed by atoms with Gasteiger partial charge in [0.25, 0.3) is 0 Å². The van der Waals surface area contributed by atoms with Crippen LogP contribution in [0.1, 0.15) is 18.4 Å². The summed E-state index contributed by atoms with van der Waals surface area (Å²) in [4.78, 5) is 22.5. The number of nitrogens with one attached hydrogen (secondary N) is 1. The Kier molecular flexibility index (Phi) is 2.55. The van der Waals surface area contributed by atoms with Crippen LogP contribution < -0.4 is 15.9 Å². The molecule has 0 aromatic heterocycles. The first-order valence-corrected chi connectivity index (χ1v) is 9.85. The van der Waals surface area contributed by atoms with E-state index in [0.29, 0.717) is 10.2 Å². The minimum absolute atomic E-state index is 0.00576. The second-order valence-corrected chi connectivity index (χ2v) is 8.98. The Balaban J connectivity index is 1.81. The van der Waals surface area contributed by atoms with Crippen LogP contribution in [0, 0.1) is 0 Å². The van der Waals surface area contributed by atoms with Crippen LogP contribution in [0.25, 0.3) is 5.57 Å². The molecule has 1 fully saturated rings. The Morgan fingerprint density at radius 1 is 1.44 bits per heavy atom. The van der Waals surface area contributed by atoms with Crippen molar-refractivity contribution in [2.24, 2.45) is 9.98 Å². The van der Waals surface area contributed by atoms with E-state index < -0.39 is 5.41 Å². The lowest BCUT2D eigenvalue weighted by Crippen LogP contribution is -2.44. The summed E-state index contributed by atoms with van der Waals surface area (Å²) in [5.74, 6) is 0.193. The number of rotatable bonds is 0. The molecule has 0 amide bonds. The molecular weight excluding hydrogens is 402 g/mol. The van der Waals surface area contributed by atoms with E-state index in [1.807, 2.05) is 12.3 Å². The second kappa shape index (κ2) is 4.45. The van der Waals surface area contributed by atoms with E-state index in [1.165, 1.54) is 0 Å². The van der Waals surface area contributed by atoms with Crippen LogP contribution in [0.15, 0.2) is 31.5 Å². The molecule has 5 aliphatic rings. The molecule has 1 aromatic rings. The maximum Gasteiger partial charge on any atom is 0.193 e. The molecule has 1 saturated heterocycles. The van der Waals surface area contributed by atoms with Crippen molar-refractivity contribution < 1.29 is 9.90 Å². The number of allylic oxidation sites excluding steroid dienone is 4. The average Bonchev–Trinajstić information content (AvgIpc) is 3.13. The average molecular weight is 414 g/mol. The van der Waals surface area contributed by atoms with Crippen molar-refractivity contribution in [1.29, 1.82) is 0 Å². The van der Waals surface area contributed by atoms with Gasteiger partial charge in [0.05, 0.1) is 26.3 Å². The fourth-order valence-electron chi connectivity index (χ4n) is 4.56. The Labute approximate surface area is 155 Å². The number of hydrogen-bond donors (Lipinski definition) is 2. The van der Waals surface area contributed by atoms with E-state index in [2.05, 4.69) is 26.2 Å². The SMILES string of the molecule is O=C1C=C2SC3C[C@]2(C=C1Br)c1c(c(O)c2c4c1=NCCC=4C=N2)N3. The third-order valence-corrected chi connectivity index (χ3v) is 7.51. The van der Waals surface area contributed by atoms with Crippen molar-refractivity contribution in [1.82, 2.24) is 0 Å². The van der Waals surface area contributed by atoms with Crippen molar-refractivity contribution in [2.75, 3.05) is 11.9 Å². The molecular formula is C18H12BrN3O2S. The standard InChI is InChI=1S/C18H12BrN3O2S/c19-8-4-18-5-11(25-10(18)3-9(8)23)22-16-13(18)14-12-7(1-2-20-14)6-21-15(12)17(16)24/h3-4,6,11,22,24H,1-2,5H2/t11?,18-/m0/s1. The number of nitrogens with zero attached hydrogens (tertiary/aromatic N) is 2. The molecule has 5 nitrogen and oxygen atoms in total. The van der Waals surface area contributed by atoms with Gasteiger partial charge in [-0.2, -0.15) is 0 Å². The molecule has 6 rings (SSSR count). The van der Waals surface area contributed by atoms with Gasteiger partial charge < -0.3 is 10.4 Å². The van der Waals surface area contributed by atoms with Gasteiger partial charge in [-0.05, 0) is 40.4 Å². The molecule has 1 aromatic carbocycles. The Bertz CT molecular complexity index is 1130. The van der Waals surface area contributed by atoms with Gasteiger partial charge in [-0.1, -0.05) is 6.08 Å². The van der Waals surface area contributed by atoms with Gasteiger partial charge in [-0.3, -0.25) is 14.8 Å². The third kappa shape index (κ3) is 1.59. The number of benzene rings is 1. The topological polar surface area (TPSA) is 74.0 Å². The first kappa shape index (κ1) is 14.3. The quantitative estimate of drug-likeness (QED) is 0.639. The van der Waals surface area contributed by atoms with Gasteiger partial charge in [-0.15, -0.1) is 11.8 Å². The monoisotopic (exact) mass is 413 g/mol. The lowest BCUT2D eigenvalue weighted by molar-refractivity contribution is -0.110. The van der Waals surface area contributed by atoms with Crippen LogP contribution in [0.5, 0.6) is 5.75 Å². The summed E-state index contributed by atoms with van der Waals surface area (Å²) >= 11 is 5.10. The number of fused-ring (bicyclic) bond motifs is 3. The van der Waals surface area contributed by atoms with E-state index in [-0.39, 0.29) is 16.9 Å². The number of aliphatic imine (C=N–C) groups is 1. The maximum atomic E-state index is 12.2. The van der Waals surface area contributed by atoms with E-state index >= 15 is 0 Å². The molecule has 2 N–H and O–H groups in total. The van der Waals surface area contributed by atoms with Crippen LogP contribution in [0.3, 0.4) is 0 Å². The minimum Gasteiger partial charge on any atom is -0.504 e. The number of phenolic OH excluding ortho intramolecular Hbond substituents is 1. The summed E-state index contributed by atoms with van der Waals surface area (Å²) in [5.41, 5.74) is 3.07. The van der Waals surface area contributed by atoms with Gasteiger partial charge >= 0.3 is 0 Å². The first-order valence-electron chi connectivity index (χ1n) is 8.18. The summed E-state index contributed by atoms with van der Waals surface area (Å²) in [6, 6.07) is 0. The number of hydrogen-bond acceptors (Lipinski definition) is 6. The summed E-state index contributed by atoms with van der Waals surface area (Å²) in [7, 11) is 0. The Morgan fingerprint density at radius 2 is 2.32 bits per heavy atom. The number of phenols is 1. The highest BCUT2D eigenvalue weighted by atomic mass is 79.9. The zero-order valence-corrected chi connectivity index (χ0v) is 15.4. The minimum atomic E-state index is -0.404. The predicted molar refractivity (Wildman–Crippen MR) is 101 cm³/mol. The highest BCUT2D eigenvalue weighted by Crippen LogP contribution is 2.61. The lowest BCUT2D eigenvalue weighted by atomic mass is 9.71. The van der Waals surface area contributed by atoms with Gasteiger partial charge in [0.15, 0.2) is 11.5 Å². The van der Waals surface area contributed by atoms with E-state index in [9.17, 15) is 9.90 Å². The van der Waals surface area contributed by atoms with Gasteiger partial charge in [0, 0.05) is 28.4 Å². The zero-order valence-electron chi connectivity index (χ0n) is 13.0. The van der Waals surface area contributed by atoms with E-state index in [4.69, 9.17) is 4.99 Å². The highest BCUT2D eigenvalue weighted by molar-refractivity contribution is 9.12. The molecule has 25 heavy (non-hydrogen) atoms. The maximum absolute atomic E-state index is 12.2. The third-order valence-electron chi connectivity index (χ3n) is 5.58. The van der Waals surface area contributed by atoms with Gasteiger partial charge in [0.2, 0.25) is 0 Å². The van der Waals surface area contributed by atoms with Crippen molar-refractivity contribution in [3.05, 3.63) is 37.7 Å². The van der Waals surface area contributed by atoms with Gasteiger partial charge in [-0.25, -0.2) is 0 Å². The van der Waals surface area contributed by atoms with Crippen LogP contribution >= 0.6 is 27.7 Å². The van der Waals surface area contributed by atoms with Crippen LogP contribution in [-0.4, -0.2) is 29.0 Å². The smallest absolute Gasteiger partial charge is 0.193 e. The summed E-state index contributed by atoms with van der Waals surface area (Å²) < 4.78 is 0.578. The lowest BCUT2D eigenvalue weighted by Gasteiger charge is -2.36. The van der Waals surface area contributed by atoms with Crippen molar-refractivity contribution >= 4 is 56.6 Å². The van der Waals surface area contributed by atoms with E-state index in [0.717, 1.165) is 51.7 Å². The van der Waals surface area contributed by atoms with Crippen molar-refractivity contribution in [2.45, 2.75) is 23.6 Å². The Morgan fingerprint density at radius 3 is 3.20 bits per heavy atom. The molecule has 4 aliphatic heterocycles. The molecule has 0 radical (unpaired) electrons. The molecule has 4 heterocycles. The van der Waals surface area contributed by atoms with Crippen molar-refractivity contribution in [3.63, 3.8) is 0 Å². The summed E-state index contributed by atoms with van der Waals surface area (Å²) in [5, 5.41) is 16.4.